The summed E-state index contributed by atoms with van der Waals surface area (Å²) in [5.41, 5.74) is 2.58. The number of nitrogens with one attached hydrogen (secondary N) is 1. The zero-order valence-corrected chi connectivity index (χ0v) is 32.9. The Hall–Kier alpha value is -5.65. The zero-order chi connectivity index (χ0) is 41.0. The first-order chi connectivity index (χ1) is 27.9. The van der Waals surface area contributed by atoms with Gasteiger partial charge in [-0.05, 0) is 86.8 Å². The van der Waals surface area contributed by atoms with Crippen LogP contribution >= 0.6 is 0 Å². The predicted octanol–water partition coefficient (Wildman–Crippen LogP) is 4.62. The van der Waals surface area contributed by atoms with Gasteiger partial charge < -0.3 is 29.1 Å². The molecular weight excluding hydrogens is 753 g/mol. The average Bonchev–Trinajstić information content (AvgIpc) is 3.98. The van der Waals surface area contributed by atoms with Crippen LogP contribution in [0.25, 0.3) is 5.69 Å². The molecule has 0 saturated carbocycles. The van der Waals surface area contributed by atoms with Crippen LogP contribution in [-0.4, -0.2) is 97.8 Å². The molecule has 2 aliphatic heterocycles. The minimum absolute atomic E-state index is 0.0172. The molecule has 7 rings (SSSR count). The number of carboxylic acids is 1. The van der Waals surface area contributed by atoms with Gasteiger partial charge in [-0.15, -0.1) is 0 Å². The zero-order valence-electron chi connectivity index (χ0n) is 32.9. The Morgan fingerprint density at radius 2 is 1.59 bits per heavy atom. The largest absolute Gasteiger partial charge is 0.491 e. The van der Waals surface area contributed by atoms with Crippen molar-refractivity contribution >= 4 is 17.3 Å². The average molecular weight is 802 g/mol. The molecule has 0 bridgehead atoms. The molecule has 0 radical (unpaired) electrons. The molecule has 5 aromatic rings. The first-order valence-corrected chi connectivity index (χ1v) is 19.5. The first-order valence-electron chi connectivity index (χ1n) is 19.5. The van der Waals surface area contributed by atoms with Gasteiger partial charge in [0.15, 0.2) is 0 Å². The number of nitrogens with zero attached hydrogens (tertiary/aromatic N) is 8. The van der Waals surface area contributed by atoms with Crippen LogP contribution < -0.4 is 25.5 Å². The van der Waals surface area contributed by atoms with E-state index in [9.17, 15) is 23.5 Å². The number of hydrogen-bond donors (Lipinski definition) is 2. The molecule has 15 nitrogen and oxygen atoms in total. The maximum absolute atomic E-state index is 14.9. The normalized spacial score (nSPS) is 20.0. The van der Waals surface area contributed by atoms with E-state index in [2.05, 4.69) is 30.3 Å². The Morgan fingerprint density at radius 1 is 0.931 bits per heavy atom. The molecule has 2 aromatic heterocycles. The summed E-state index contributed by atoms with van der Waals surface area (Å²) in [4.78, 5) is 33.7. The first kappa shape index (κ1) is 40.5. The number of aliphatic carboxylic acids is 1. The molecule has 4 heterocycles. The molecule has 2 saturated heterocycles. The number of aromatic nitrogens is 6. The maximum atomic E-state index is 14.9. The molecule has 0 amide bonds. The fraction of sp³-hybridized carbons (Fsp3) is 0.439. The summed E-state index contributed by atoms with van der Waals surface area (Å²) in [5.74, 6) is -3.07. The highest BCUT2D eigenvalue weighted by Crippen LogP contribution is 2.38. The van der Waals surface area contributed by atoms with Gasteiger partial charge >= 0.3 is 11.7 Å². The minimum Gasteiger partial charge on any atom is -0.491 e. The van der Waals surface area contributed by atoms with Crippen LogP contribution in [0.5, 0.6) is 5.75 Å². The van der Waals surface area contributed by atoms with Gasteiger partial charge in [-0.3, -0.25) is 10.1 Å². The molecule has 5 atom stereocenters. The second-order valence-electron chi connectivity index (χ2n) is 15.3. The van der Waals surface area contributed by atoms with E-state index < -0.39 is 35.5 Å². The number of anilines is 2. The number of benzene rings is 3. The smallest absolute Gasteiger partial charge is 0.350 e. The summed E-state index contributed by atoms with van der Waals surface area (Å²) < 4.78 is 51.4. The van der Waals surface area contributed by atoms with Gasteiger partial charge in [-0.1, -0.05) is 13.8 Å². The number of rotatable bonds is 16. The van der Waals surface area contributed by atoms with Gasteiger partial charge in [0.25, 0.3) is 0 Å². The third kappa shape index (κ3) is 9.06. The Labute approximate surface area is 334 Å². The molecule has 308 valence electrons. The molecule has 4 unspecified atom stereocenters. The number of carboxylic acid groups (broad SMARTS) is 1. The summed E-state index contributed by atoms with van der Waals surface area (Å²) in [7, 11) is 0. The van der Waals surface area contributed by atoms with E-state index in [1.165, 1.54) is 45.0 Å². The van der Waals surface area contributed by atoms with Crippen molar-refractivity contribution in [1.29, 1.82) is 0 Å². The van der Waals surface area contributed by atoms with Crippen molar-refractivity contribution in [3.05, 3.63) is 113 Å². The van der Waals surface area contributed by atoms with Crippen molar-refractivity contribution in [2.75, 3.05) is 49.2 Å². The van der Waals surface area contributed by atoms with Crippen molar-refractivity contribution in [3.63, 3.8) is 0 Å². The molecular formula is C41H49F2N9O6. The van der Waals surface area contributed by atoms with Gasteiger partial charge in [0, 0.05) is 55.2 Å². The highest BCUT2D eigenvalue weighted by Gasteiger charge is 2.46. The summed E-state index contributed by atoms with van der Waals surface area (Å²) in [6.07, 6.45) is 4.29. The van der Waals surface area contributed by atoms with Crippen LogP contribution in [0.1, 0.15) is 45.7 Å². The van der Waals surface area contributed by atoms with Crippen molar-refractivity contribution in [2.24, 2.45) is 5.92 Å². The lowest BCUT2D eigenvalue weighted by molar-refractivity contribution is -0.192. The number of hydrogen-bond acceptors (Lipinski definition) is 11. The molecule has 0 aliphatic carbocycles. The van der Waals surface area contributed by atoms with Crippen molar-refractivity contribution in [2.45, 2.75) is 70.7 Å². The van der Waals surface area contributed by atoms with E-state index >= 15 is 0 Å². The fourth-order valence-corrected chi connectivity index (χ4v) is 7.42. The number of halogens is 2. The Bertz CT molecular complexity index is 2190. The van der Waals surface area contributed by atoms with Gasteiger partial charge in [-0.25, -0.2) is 32.5 Å². The summed E-state index contributed by atoms with van der Waals surface area (Å²) in [6, 6.07) is 17.6. The Morgan fingerprint density at radius 3 is 2.19 bits per heavy atom. The van der Waals surface area contributed by atoms with Crippen LogP contribution in [0.2, 0.25) is 0 Å². The number of piperazine rings is 1. The van der Waals surface area contributed by atoms with E-state index in [0.29, 0.717) is 17.9 Å². The molecule has 17 heteroatoms. The van der Waals surface area contributed by atoms with Crippen LogP contribution in [0.4, 0.5) is 20.2 Å². The molecule has 0 spiro atoms. The van der Waals surface area contributed by atoms with Crippen molar-refractivity contribution in [1.82, 2.24) is 34.4 Å². The minimum atomic E-state index is -1.53. The van der Waals surface area contributed by atoms with Crippen LogP contribution in [-0.2, 0) is 26.6 Å². The monoisotopic (exact) mass is 801 g/mol. The van der Waals surface area contributed by atoms with E-state index in [-0.39, 0.29) is 49.0 Å². The van der Waals surface area contributed by atoms with E-state index in [1.54, 1.807) is 0 Å². The van der Waals surface area contributed by atoms with Crippen LogP contribution in [0.15, 0.2) is 90.5 Å². The molecule has 2 N–H and O–H groups in total. The number of ether oxygens (including phenoxy) is 3. The highest BCUT2D eigenvalue weighted by atomic mass is 19.1. The Kier molecular flexibility index (Phi) is 12.2. The second kappa shape index (κ2) is 17.5. The molecule has 2 fully saturated rings. The van der Waals surface area contributed by atoms with E-state index in [0.717, 1.165) is 43.6 Å². The fourth-order valence-electron chi connectivity index (χ4n) is 7.42. The van der Waals surface area contributed by atoms with Gasteiger partial charge in [0.05, 0.1) is 18.3 Å². The SMILES string of the molecule is CC(C)C[C@H](NC(C)C(C)n1ncn(-c2ccc(N3CCN(c4ccc(OCC5COC(Cn6cncn6)(c6ccc(F)cc6F)O5)cc4)CC3)cc2)c1=O)C(=O)O. The van der Waals surface area contributed by atoms with Crippen molar-refractivity contribution < 1.29 is 32.9 Å². The summed E-state index contributed by atoms with van der Waals surface area (Å²) in [5, 5.41) is 21.3. The molecule has 2 aliphatic rings. The summed E-state index contributed by atoms with van der Waals surface area (Å²) >= 11 is 0. The maximum Gasteiger partial charge on any atom is 0.350 e. The van der Waals surface area contributed by atoms with E-state index in [1.807, 2.05) is 76.2 Å². The lowest BCUT2D eigenvalue weighted by Crippen LogP contribution is -2.47. The number of carbonyl (C=O) groups is 1. The molecule has 3 aromatic carbocycles. The third-order valence-corrected chi connectivity index (χ3v) is 10.7. The third-order valence-electron chi connectivity index (χ3n) is 10.7. The molecule has 58 heavy (non-hydrogen) atoms. The van der Waals surface area contributed by atoms with Crippen LogP contribution in [0.3, 0.4) is 0 Å². The second-order valence-corrected chi connectivity index (χ2v) is 15.3. The van der Waals surface area contributed by atoms with E-state index in [4.69, 9.17) is 14.2 Å². The van der Waals surface area contributed by atoms with Gasteiger partial charge in [-0.2, -0.15) is 10.2 Å². The highest BCUT2D eigenvalue weighted by molar-refractivity contribution is 5.73. The topological polar surface area (TPSA) is 154 Å². The summed E-state index contributed by atoms with van der Waals surface area (Å²) in [6.45, 7) is 11.2. The van der Waals surface area contributed by atoms with Crippen molar-refractivity contribution in [3.8, 4) is 11.4 Å². The van der Waals surface area contributed by atoms with Gasteiger partial charge in [0.2, 0.25) is 5.79 Å². The predicted molar refractivity (Wildman–Crippen MR) is 211 cm³/mol. The van der Waals surface area contributed by atoms with Crippen LogP contribution in [0, 0.1) is 17.6 Å². The standard InChI is InChI=1S/C41H49F2N9O6/c1-27(2)19-38(39(53)54)47-28(3)29(4)52-40(55)51(26-46-52)33-8-6-31(7-9-33)48-15-17-49(18-16-48)32-10-12-34(13-11-32)56-21-35-22-57-41(58-35,23-50-25-44-24-45-50)36-14-5-30(42)20-37(36)43/h5-14,20,24-29,35,38,47H,15-19,21-23H2,1-4H3,(H,53,54)/t28?,29?,35?,38-,41?/m0/s1. The van der Waals surface area contributed by atoms with Gasteiger partial charge in [0.1, 0.15) is 61.7 Å². The lowest BCUT2D eigenvalue weighted by Gasteiger charge is -2.37. The Balaban J connectivity index is 0.903. The lowest BCUT2D eigenvalue weighted by atomic mass is 10.0. The quantitative estimate of drug-likeness (QED) is 0.143.